The fourth-order valence-corrected chi connectivity index (χ4v) is 2.99. The summed E-state index contributed by atoms with van der Waals surface area (Å²) in [6.07, 6.45) is 2.73. The van der Waals surface area contributed by atoms with E-state index in [4.69, 9.17) is 9.47 Å². The molecule has 1 saturated heterocycles. The lowest BCUT2D eigenvalue weighted by atomic mass is 9.83. The van der Waals surface area contributed by atoms with Crippen LogP contribution in [0.25, 0.3) is 0 Å². The second-order valence-electron chi connectivity index (χ2n) is 5.35. The van der Waals surface area contributed by atoms with E-state index in [2.05, 4.69) is 6.07 Å². The molecule has 1 fully saturated rings. The van der Waals surface area contributed by atoms with E-state index in [1.165, 1.54) is 5.56 Å². The van der Waals surface area contributed by atoms with Crippen molar-refractivity contribution in [2.24, 2.45) is 11.8 Å². The Morgan fingerprint density at radius 2 is 2.06 bits per heavy atom. The van der Waals surface area contributed by atoms with Gasteiger partial charge in [0.2, 0.25) is 0 Å². The lowest BCUT2D eigenvalue weighted by molar-refractivity contribution is -0.0439. The molecule has 18 heavy (non-hydrogen) atoms. The molecule has 0 radical (unpaired) electrons. The van der Waals surface area contributed by atoms with E-state index >= 15 is 0 Å². The molecule has 1 N–H and O–H groups in total. The normalized spacial score (nSPS) is 29.2. The summed E-state index contributed by atoms with van der Waals surface area (Å²) in [7, 11) is 0. The Labute approximate surface area is 108 Å². The molecule has 1 aromatic carbocycles. The van der Waals surface area contributed by atoms with Gasteiger partial charge in [0.1, 0.15) is 5.75 Å². The van der Waals surface area contributed by atoms with Crippen LogP contribution in [0.5, 0.6) is 5.75 Å². The van der Waals surface area contributed by atoms with Crippen molar-refractivity contribution in [3.05, 3.63) is 29.8 Å². The zero-order valence-corrected chi connectivity index (χ0v) is 10.5. The van der Waals surface area contributed by atoms with Crippen LogP contribution in [0.15, 0.2) is 24.3 Å². The second kappa shape index (κ2) is 5.29. The van der Waals surface area contributed by atoms with E-state index in [0.717, 1.165) is 31.6 Å². The maximum absolute atomic E-state index is 10.5. The molecular formula is C15H20O3. The minimum atomic E-state index is -0.307. The summed E-state index contributed by atoms with van der Waals surface area (Å²) in [5, 5.41) is 10.5. The van der Waals surface area contributed by atoms with E-state index in [0.29, 0.717) is 13.2 Å². The summed E-state index contributed by atoms with van der Waals surface area (Å²) in [5.74, 6) is 1.45. The molecule has 98 valence electrons. The van der Waals surface area contributed by atoms with Gasteiger partial charge in [-0.25, -0.2) is 0 Å². The second-order valence-corrected chi connectivity index (χ2v) is 5.35. The standard InChI is InChI=1S/C15H20O3/c16-15(12-5-3-7-17-9-12)13-8-11-4-1-2-6-14(11)18-10-13/h1-2,4,6,12-13,15-16H,3,5,7-10H2. The van der Waals surface area contributed by atoms with Gasteiger partial charge in [-0.3, -0.25) is 0 Å². The van der Waals surface area contributed by atoms with E-state index < -0.39 is 0 Å². The number of aliphatic hydroxyl groups is 1. The van der Waals surface area contributed by atoms with Gasteiger partial charge in [0.15, 0.2) is 0 Å². The minimum absolute atomic E-state index is 0.201. The van der Waals surface area contributed by atoms with Crippen LogP contribution in [0.3, 0.4) is 0 Å². The van der Waals surface area contributed by atoms with Crippen LogP contribution in [0, 0.1) is 11.8 Å². The monoisotopic (exact) mass is 248 g/mol. The Morgan fingerprint density at radius 1 is 1.17 bits per heavy atom. The number of rotatable bonds is 2. The minimum Gasteiger partial charge on any atom is -0.493 e. The van der Waals surface area contributed by atoms with Crippen molar-refractivity contribution >= 4 is 0 Å². The number of hydrogen-bond acceptors (Lipinski definition) is 3. The van der Waals surface area contributed by atoms with E-state index in [-0.39, 0.29) is 17.9 Å². The van der Waals surface area contributed by atoms with E-state index in [1.54, 1.807) is 0 Å². The van der Waals surface area contributed by atoms with Crippen molar-refractivity contribution in [3.63, 3.8) is 0 Å². The van der Waals surface area contributed by atoms with Crippen molar-refractivity contribution < 1.29 is 14.6 Å². The van der Waals surface area contributed by atoms with Gasteiger partial charge in [0.05, 0.1) is 19.3 Å². The molecule has 3 rings (SSSR count). The topological polar surface area (TPSA) is 38.7 Å². The molecule has 0 amide bonds. The van der Waals surface area contributed by atoms with Gasteiger partial charge in [-0.15, -0.1) is 0 Å². The molecule has 1 aromatic rings. The molecule has 0 bridgehead atoms. The van der Waals surface area contributed by atoms with Crippen LogP contribution in [-0.2, 0) is 11.2 Å². The molecular weight excluding hydrogens is 228 g/mol. The highest BCUT2D eigenvalue weighted by Crippen LogP contribution is 2.32. The van der Waals surface area contributed by atoms with Crippen LogP contribution >= 0.6 is 0 Å². The Balaban J connectivity index is 1.67. The molecule has 0 saturated carbocycles. The SMILES string of the molecule is OC(C1CCCOC1)C1COc2ccccc2C1. The number of fused-ring (bicyclic) bond motifs is 1. The molecule has 0 aliphatic carbocycles. The maximum atomic E-state index is 10.5. The number of ether oxygens (including phenoxy) is 2. The Hall–Kier alpha value is -1.06. The fraction of sp³-hybridized carbons (Fsp3) is 0.600. The summed E-state index contributed by atoms with van der Waals surface area (Å²) in [5.41, 5.74) is 1.21. The number of para-hydroxylation sites is 1. The highest BCUT2D eigenvalue weighted by molar-refractivity contribution is 5.35. The first-order valence-corrected chi connectivity index (χ1v) is 6.81. The molecule has 2 heterocycles. The van der Waals surface area contributed by atoms with Gasteiger partial charge in [-0.2, -0.15) is 0 Å². The molecule has 2 aliphatic rings. The molecule has 0 spiro atoms. The zero-order chi connectivity index (χ0) is 12.4. The predicted molar refractivity (Wildman–Crippen MR) is 68.7 cm³/mol. The lowest BCUT2D eigenvalue weighted by Gasteiger charge is -2.34. The highest BCUT2D eigenvalue weighted by atomic mass is 16.5. The quantitative estimate of drug-likeness (QED) is 0.870. The van der Waals surface area contributed by atoms with Crippen molar-refractivity contribution in [1.82, 2.24) is 0 Å². The van der Waals surface area contributed by atoms with Crippen LogP contribution < -0.4 is 4.74 Å². The highest BCUT2D eigenvalue weighted by Gasteiger charge is 2.32. The van der Waals surface area contributed by atoms with E-state index in [9.17, 15) is 5.11 Å². The molecule has 3 atom stereocenters. The van der Waals surface area contributed by atoms with Gasteiger partial charge in [0.25, 0.3) is 0 Å². The van der Waals surface area contributed by atoms with Crippen molar-refractivity contribution in [1.29, 1.82) is 0 Å². The molecule has 3 heteroatoms. The van der Waals surface area contributed by atoms with Gasteiger partial charge >= 0.3 is 0 Å². The summed E-state index contributed by atoms with van der Waals surface area (Å²) in [6.45, 7) is 2.15. The lowest BCUT2D eigenvalue weighted by Crippen LogP contribution is -2.39. The molecule has 0 aromatic heterocycles. The van der Waals surface area contributed by atoms with Crippen molar-refractivity contribution in [3.8, 4) is 5.75 Å². The van der Waals surface area contributed by atoms with E-state index in [1.807, 2.05) is 18.2 Å². The third-order valence-corrected chi connectivity index (χ3v) is 4.07. The average Bonchev–Trinajstić information content (AvgIpc) is 2.47. The first-order valence-electron chi connectivity index (χ1n) is 6.81. The fourth-order valence-electron chi connectivity index (χ4n) is 2.99. The van der Waals surface area contributed by atoms with Gasteiger partial charge in [-0.1, -0.05) is 18.2 Å². The molecule has 2 aliphatic heterocycles. The van der Waals surface area contributed by atoms with Crippen LogP contribution in [0.4, 0.5) is 0 Å². The number of hydrogen-bond donors (Lipinski definition) is 1. The molecule has 3 nitrogen and oxygen atoms in total. The first kappa shape index (κ1) is 12.0. The third kappa shape index (κ3) is 2.38. The van der Waals surface area contributed by atoms with Crippen LogP contribution in [-0.4, -0.2) is 31.0 Å². The Kier molecular flexibility index (Phi) is 3.52. The van der Waals surface area contributed by atoms with Gasteiger partial charge in [-0.05, 0) is 30.9 Å². The smallest absolute Gasteiger partial charge is 0.122 e. The number of benzene rings is 1. The Bertz CT molecular complexity index is 398. The maximum Gasteiger partial charge on any atom is 0.122 e. The number of aliphatic hydroxyl groups excluding tert-OH is 1. The predicted octanol–water partition coefficient (Wildman–Crippen LogP) is 2.03. The first-order chi connectivity index (χ1) is 8.84. The summed E-state index contributed by atoms with van der Waals surface area (Å²) in [6, 6.07) is 8.11. The van der Waals surface area contributed by atoms with Crippen molar-refractivity contribution in [2.75, 3.05) is 19.8 Å². The summed E-state index contributed by atoms with van der Waals surface area (Å²) < 4.78 is 11.2. The zero-order valence-electron chi connectivity index (χ0n) is 10.5. The van der Waals surface area contributed by atoms with Gasteiger partial charge in [0, 0.05) is 18.4 Å². The molecule has 3 unspecified atom stereocenters. The summed E-state index contributed by atoms with van der Waals surface area (Å²) in [4.78, 5) is 0. The summed E-state index contributed by atoms with van der Waals surface area (Å²) >= 11 is 0. The third-order valence-electron chi connectivity index (χ3n) is 4.07. The van der Waals surface area contributed by atoms with Crippen molar-refractivity contribution in [2.45, 2.75) is 25.4 Å². The Morgan fingerprint density at radius 3 is 2.89 bits per heavy atom. The van der Waals surface area contributed by atoms with Crippen LogP contribution in [0.2, 0.25) is 0 Å². The van der Waals surface area contributed by atoms with Crippen LogP contribution in [0.1, 0.15) is 18.4 Å². The van der Waals surface area contributed by atoms with Gasteiger partial charge < -0.3 is 14.6 Å². The average molecular weight is 248 g/mol. The largest absolute Gasteiger partial charge is 0.493 e.